The zero-order chi connectivity index (χ0) is 13.5. The monoisotopic (exact) mass is 258 g/mol. The van der Waals surface area contributed by atoms with E-state index < -0.39 is 5.97 Å². The highest BCUT2D eigenvalue weighted by Gasteiger charge is 2.11. The van der Waals surface area contributed by atoms with Gasteiger partial charge < -0.3 is 14.6 Å². The van der Waals surface area contributed by atoms with Crippen LogP contribution in [-0.4, -0.2) is 24.3 Å². The quantitative estimate of drug-likeness (QED) is 0.661. The molecule has 2 aromatic rings. The van der Waals surface area contributed by atoms with Crippen molar-refractivity contribution < 1.29 is 19.4 Å². The van der Waals surface area contributed by atoms with Crippen LogP contribution in [0.15, 0.2) is 54.6 Å². The van der Waals surface area contributed by atoms with Gasteiger partial charge in [0, 0.05) is 0 Å². The van der Waals surface area contributed by atoms with Crippen molar-refractivity contribution in [2.24, 2.45) is 0 Å². The van der Waals surface area contributed by atoms with Crippen molar-refractivity contribution >= 4 is 5.97 Å². The second-order valence-electron chi connectivity index (χ2n) is 3.81. The lowest BCUT2D eigenvalue weighted by atomic mass is 10.2. The van der Waals surface area contributed by atoms with Crippen LogP contribution in [0.1, 0.15) is 10.4 Å². The van der Waals surface area contributed by atoms with Gasteiger partial charge in [0.2, 0.25) is 0 Å². The van der Waals surface area contributed by atoms with Crippen LogP contribution in [0.25, 0.3) is 0 Å². The van der Waals surface area contributed by atoms with Crippen molar-refractivity contribution in [1.29, 1.82) is 0 Å². The fraction of sp³-hybridized carbons (Fsp3) is 0.133. The van der Waals surface area contributed by atoms with Crippen LogP contribution in [0.4, 0.5) is 0 Å². The number of ether oxygens (including phenoxy) is 2. The van der Waals surface area contributed by atoms with Crippen LogP contribution in [0.5, 0.6) is 11.5 Å². The van der Waals surface area contributed by atoms with Crippen LogP contribution in [0.2, 0.25) is 0 Å². The minimum absolute atomic E-state index is 0.0866. The number of esters is 1. The van der Waals surface area contributed by atoms with Gasteiger partial charge in [-0.25, -0.2) is 4.79 Å². The molecule has 0 aliphatic heterocycles. The Labute approximate surface area is 111 Å². The summed E-state index contributed by atoms with van der Waals surface area (Å²) in [7, 11) is 0. The zero-order valence-electron chi connectivity index (χ0n) is 10.3. The second-order valence-corrected chi connectivity index (χ2v) is 3.81. The normalized spacial score (nSPS) is 9.89. The molecule has 1 N–H and O–H groups in total. The van der Waals surface area contributed by atoms with E-state index in [-0.39, 0.29) is 24.5 Å². The Hall–Kier alpha value is -2.49. The zero-order valence-corrected chi connectivity index (χ0v) is 10.3. The summed E-state index contributed by atoms with van der Waals surface area (Å²) in [5.41, 5.74) is 0.155. The van der Waals surface area contributed by atoms with Crippen molar-refractivity contribution in [3.05, 3.63) is 60.2 Å². The molecule has 4 heteroatoms. The van der Waals surface area contributed by atoms with E-state index in [1.807, 2.05) is 30.3 Å². The third kappa shape index (κ3) is 3.74. The van der Waals surface area contributed by atoms with Crippen LogP contribution in [0.3, 0.4) is 0 Å². The van der Waals surface area contributed by atoms with Gasteiger partial charge in [0.25, 0.3) is 0 Å². The minimum Gasteiger partial charge on any atom is -0.507 e. The Morgan fingerprint density at radius 1 is 0.947 bits per heavy atom. The molecule has 4 nitrogen and oxygen atoms in total. The summed E-state index contributed by atoms with van der Waals surface area (Å²) in [5.74, 6) is 0.0762. The van der Waals surface area contributed by atoms with Gasteiger partial charge in [-0.15, -0.1) is 0 Å². The first kappa shape index (κ1) is 13.0. The molecule has 19 heavy (non-hydrogen) atoms. The Morgan fingerprint density at radius 3 is 2.37 bits per heavy atom. The summed E-state index contributed by atoms with van der Waals surface area (Å²) in [6.45, 7) is 0.394. The minimum atomic E-state index is -0.560. The van der Waals surface area contributed by atoms with E-state index >= 15 is 0 Å². The second kappa shape index (κ2) is 6.44. The average molecular weight is 258 g/mol. The van der Waals surface area contributed by atoms with Gasteiger partial charge in [0.1, 0.15) is 30.3 Å². The molecule has 0 aromatic heterocycles. The summed E-state index contributed by atoms with van der Waals surface area (Å²) in [6.07, 6.45) is 0. The average Bonchev–Trinajstić information content (AvgIpc) is 2.45. The largest absolute Gasteiger partial charge is 0.507 e. The van der Waals surface area contributed by atoms with Gasteiger partial charge in [-0.2, -0.15) is 0 Å². The fourth-order valence-electron chi connectivity index (χ4n) is 1.53. The lowest BCUT2D eigenvalue weighted by Gasteiger charge is -2.07. The molecule has 98 valence electrons. The Bertz CT molecular complexity index is 537. The van der Waals surface area contributed by atoms with Gasteiger partial charge in [0.05, 0.1) is 0 Å². The Balaban J connectivity index is 1.77. The molecule has 0 saturated carbocycles. The first-order valence-electron chi connectivity index (χ1n) is 5.90. The number of carbonyl (C=O) groups excluding carboxylic acids is 1. The van der Waals surface area contributed by atoms with Crippen molar-refractivity contribution in [2.45, 2.75) is 0 Å². The molecular weight excluding hydrogens is 244 g/mol. The molecule has 0 heterocycles. The summed E-state index contributed by atoms with van der Waals surface area (Å²) in [5, 5.41) is 9.48. The number of hydrogen-bond acceptors (Lipinski definition) is 4. The van der Waals surface area contributed by atoms with E-state index in [1.165, 1.54) is 12.1 Å². The molecule has 0 aliphatic rings. The number of hydrogen-bond donors (Lipinski definition) is 1. The summed E-state index contributed by atoms with van der Waals surface area (Å²) in [4.78, 5) is 11.6. The van der Waals surface area contributed by atoms with Gasteiger partial charge in [-0.3, -0.25) is 0 Å². The van der Waals surface area contributed by atoms with E-state index in [1.54, 1.807) is 12.1 Å². The predicted molar refractivity (Wildman–Crippen MR) is 70.3 cm³/mol. The van der Waals surface area contributed by atoms with Crippen LogP contribution >= 0.6 is 0 Å². The molecule has 0 unspecified atom stereocenters. The number of phenolic OH excluding ortho intramolecular Hbond substituents is 1. The molecule has 2 aromatic carbocycles. The van der Waals surface area contributed by atoms with Crippen molar-refractivity contribution in [3.63, 3.8) is 0 Å². The highest BCUT2D eigenvalue weighted by atomic mass is 16.6. The summed E-state index contributed by atoms with van der Waals surface area (Å²) < 4.78 is 10.4. The van der Waals surface area contributed by atoms with Gasteiger partial charge >= 0.3 is 5.97 Å². The van der Waals surface area contributed by atoms with Crippen molar-refractivity contribution in [2.75, 3.05) is 13.2 Å². The lowest BCUT2D eigenvalue weighted by molar-refractivity contribution is 0.0447. The topological polar surface area (TPSA) is 55.8 Å². The lowest BCUT2D eigenvalue weighted by Crippen LogP contribution is -2.12. The molecule has 0 bridgehead atoms. The summed E-state index contributed by atoms with van der Waals surface area (Å²) >= 11 is 0. The Morgan fingerprint density at radius 2 is 1.63 bits per heavy atom. The van der Waals surface area contributed by atoms with Crippen LogP contribution in [-0.2, 0) is 4.74 Å². The number of rotatable bonds is 5. The predicted octanol–water partition coefficient (Wildman–Crippen LogP) is 2.63. The van der Waals surface area contributed by atoms with Crippen LogP contribution < -0.4 is 4.74 Å². The maximum atomic E-state index is 11.6. The highest BCUT2D eigenvalue weighted by molar-refractivity contribution is 5.92. The number of benzene rings is 2. The van der Waals surface area contributed by atoms with Crippen LogP contribution in [0, 0.1) is 0 Å². The first-order chi connectivity index (χ1) is 9.27. The molecule has 0 amide bonds. The highest BCUT2D eigenvalue weighted by Crippen LogP contribution is 2.16. The van der Waals surface area contributed by atoms with Gasteiger partial charge in [-0.1, -0.05) is 30.3 Å². The SMILES string of the molecule is O=C(OCCOc1ccccc1)c1ccccc1O. The molecule has 0 atom stereocenters. The molecule has 0 saturated heterocycles. The smallest absolute Gasteiger partial charge is 0.342 e. The maximum Gasteiger partial charge on any atom is 0.342 e. The van der Waals surface area contributed by atoms with Gasteiger partial charge in [0.15, 0.2) is 0 Å². The molecule has 0 spiro atoms. The van der Waals surface area contributed by atoms with E-state index in [0.29, 0.717) is 0 Å². The maximum absolute atomic E-state index is 11.6. The van der Waals surface area contributed by atoms with Crippen molar-refractivity contribution in [3.8, 4) is 11.5 Å². The Kier molecular flexibility index (Phi) is 4.39. The standard InChI is InChI=1S/C15H14O4/c16-14-9-5-4-8-13(14)15(17)19-11-10-18-12-6-2-1-3-7-12/h1-9,16H,10-11H2. The third-order valence-electron chi connectivity index (χ3n) is 2.45. The molecule has 0 radical (unpaired) electrons. The number of phenols is 1. The number of aromatic hydroxyl groups is 1. The van der Waals surface area contributed by atoms with E-state index in [9.17, 15) is 9.90 Å². The van der Waals surface area contributed by atoms with E-state index in [0.717, 1.165) is 5.75 Å². The number of para-hydroxylation sites is 2. The van der Waals surface area contributed by atoms with E-state index in [4.69, 9.17) is 9.47 Å². The molecule has 0 fully saturated rings. The molecule has 0 aliphatic carbocycles. The molecule has 2 rings (SSSR count). The van der Waals surface area contributed by atoms with E-state index in [2.05, 4.69) is 0 Å². The fourth-order valence-corrected chi connectivity index (χ4v) is 1.53. The van der Waals surface area contributed by atoms with Gasteiger partial charge in [-0.05, 0) is 24.3 Å². The first-order valence-corrected chi connectivity index (χ1v) is 5.90. The van der Waals surface area contributed by atoms with Crippen molar-refractivity contribution in [1.82, 2.24) is 0 Å². The summed E-state index contributed by atoms with van der Waals surface area (Å²) in [6, 6.07) is 15.5. The molecular formula is C15H14O4. The number of carbonyl (C=O) groups is 1. The third-order valence-corrected chi connectivity index (χ3v) is 2.45.